The first-order valence-corrected chi connectivity index (χ1v) is 7.64. The van der Waals surface area contributed by atoms with Crippen LogP contribution in [0.4, 0.5) is 16.2 Å². The van der Waals surface area contributed by atoms with Crippen LogP contribution in [0.25, 0.3) is 0 Å². The van der Waals surface area contributed by atoms with E-state index >= 15 is 0 Å². The van der Waals surface area contributed by atoms with Crippen molar-refractivity contribution in [1.29, 1.82) is 0 Å². The monoisotopic (exact) mass is 300 g/mol. The molecule has 2 amide bonds. The third-order valence-electron chi connectivity index (χ3n) is 2.87. The van der Waals surface area contributed by atoms with Crippen LogP contribution in [-0.2, 0) is 0 Å². The van der Waals surface area contributed by atoms with Gasteiger partial charge >= 0.3 is 6.03 Å². The summed E-state index contributed by atoms with van der Waals surface area (Å²) in [6.07, 6.45) is 2.00. The molecule has 0 aliphatic heterocycles. The third-order valence-corrected chi connectivity index (χ3v) is 3.62. The SMILES string of the molecule is CSc1ccc(NC(=O)Nc2cccc(C(C)=O)c2)cc1. The number of anilines is 2. The Bertz CT molecular complexity index is 654. The lowest BCUT2D eigenvalue weighted by Crippen LogP contribution is -2.19. The average Bonchev–Trinajstić information content (AvgIpc) is 2.48. The summed E-state index contributed by atoms with van der Waals surface area (Å²) in [5.41, 5.74) is 1.87. The molecular weight excluding hydrogens is 284 g/mol. The summed E-state index contributed by atoms with van der Waals surface area (Å²) < 4.78 is 0. The van der Waals surface area contributed by atoms with Crippen molar-refractivity contribution in [1.82, 2.24) is 0 Å². The number of ketones is 1. The van der Waals surface area contributed by atoms with E-state index in [4.69, 9.17) is 0 Å². The molecule has 0 heterocycles. The summed E-state index contributed by atoms with van der Waals surface area (Å²) in [6, 6.07) is 14.1. The van der Waals surface area contributed by atoms with Gasteiger partial charge in [0.25, 0.3) is 0 Å². The number of urea groups is 1. The molecule has 5 heteroatoms. The molecule has 0 radical (unpaired) electrons. The first kappa shape index (κ1) is 15.1. The fourth-order valence-electron chi connectivity index (χ4n) is 1.78. The number of carbonyl (C=O) groups is 2. The molecule has 0 saturated carbocycles. The maximum absolute atomic E-state index is 11.9. The van der Waals surface area contributed by atoms with Crippen LogP contribution in [0.15, 0.2) is 53.4 Å². The molecule has 0 aliphatic rings. The van der Waals surface area contributed by atoms with Gasteiger partial charge in [0, 0.05) is 21.8 Å². The molecule has 2 rings (SSSR count). The molecule has 4 nitrogen and oxygen atoms in total. The second-order valence-electron chi connectivity index (χ2n) is 4.44. The van der Waals surface area contributed by atoms with E-state index in [1.807, 2.05) is 30.5 Å². The fourth-order valence-corrected chi connectivity index (χ4v) is 2.19. The number of hydrogen-bond acceptors (Lipinski definition) is 3. The Kier molecular flexibility index (Phi) is 5.00. The number of rotatable bonds is 4. The highest BCUT2D eigenvalue weighted by atomic mass is 32.2. The van der Waals surface area contributed by atoms with Crippen molar-refractivity contribution in [2.24, 2.45) is 0 Å². The maximum Gasteiger partial charge on any atom is 0.323 e. The quantitative estimate of drug-likeness (QED) is 0.655. The lowest BCUT2D eigenvalue weighted by molar-refractivity contribution is 0.101. The van der Waals surface area contributed by atoms with E-state index in [0.717, 1.165) is 4.90 Å². The van der Waals surface area contributed by atoms with Crippen LogP contribution in [0.3, 0.4) is 0 Å². The van der Waals surface area contributed by atoms with Crippen LogP contribution in [0.5, 0.6) is 0 Å². The van der Waals surface area contributed by atoms with Crippen molar-refractivity contribution >= 4 is 35.0 Å². The molecule has 0 fully saturated rings. The van der Waals surface area contributed by atoms with Crippen LogP contribution >= 0.6 is 11.8 Å². The summed E-state index contributed by atoms with van der Waals surface area (Å²) in [7, 11) is 0. The zero-order valence-corrected chi connectivity index (χ0v) is 12.7. The molecule has 2 aromatic carbocycles. The number of hydrogen-bond donors (Lipinski definition) is 2. The van der Waals surface area contributed by atoms with E-state index in [1.54, 1.807) is 36.0 Å². The normalized spacial score (nSPS) is 10.0. The van der Waals surface area contributed by atoms with Crippen molar-refractivity contribution < 1.29 is 9.59 Å². The highest BCUT2D eigenvalue weighted by Crippen LogP contribution is 2.18. The highest BCUT2D eigenvalue weighted by Gasteiger charge is 2.05. The van der Waals surface area contributed by atoms with Gasteiger partial charge in [-0.2, -0.15) is 0 Å². The van der Waals surface area contributed by atoms with Crippen LogP contribution in [0, 0.1) is 0 Å². The summed E-state index contributed by atoms with van der Waals surface area (Å²) in [4.78, 5) is 24.3. The van der Waals surface area contributed by atoms with E-state index in [9.17, 15) is 9.59 Å². The molecule has 0 unspecified atom stereocenters. The van der Waals surface area contributed by atoms with Crippen molar-refractivity contribution in [2.45, 2.75) is 11.8 Å². The van der Waals surface area contributed by atoms with Crippen molar-refractivity contribution in [3.63, 3.8) is 0 Å². The zero-order valence-electron chi connectivity index (χ0n) is 11.8. The summed E-state index contributed by atoms with van der Waals surface area (Å²) in [5, 5.41) is 5.45. The Morgan fingerprint density at radius 1 is 0.952 bits per heavy atom. The molecule has 2 aromatic rings. The Morgan fingerprint density at radius 3 is 2.24 bits per heavy atom. The molecule has 0 aliphatic carbocycles. The number of Topliss-reactive ketones (excluding diaryl/α,β-unsaturated/α-hetero) is 1. The van der Waals surface area contributed by atoms with Gasteiger partial charge in [-0.15, -0.1) is 11.8 Å². The van der Waals surface area contributed by atoms with Crippen LogP contribution in [-0.4, -0.2) is 18.1 Å². The summed E-state index contributed by atoms with van der Waals surface area (Å²) >= 11 is 1.64. The van der Waals surface area contributed by atoms with E-state index < -0.39 is 0 Å². The van der Waals surface area contributed by atoms with Crippen LogP contribution < -0.4 is 10.6 Å². The maximum atomic E-state index is 11.9. The van der Waals surface area contributed by atoms with Gasteiger partial charge in [0.15, 0.2) is 5.78 Å². The van der Waals surface area contributed by atoms with E-state index in [1.165, 1.54) is 6.92 Å². The number of thioether (sulfide) groups is 1. The van der Waals surface area contributed by atoms with E-state index in [0.29, 0.717) is 16.9 Å². The van der Waals surface area contributed by atoms with Gasteiger partial charge < -0.3 is 10.6 Å². The Hall–Kier alpha value is -2.27. The van der Waals surface area contributed by atoms with Crippen molar-refractivity contribution in [3.8, 4) is 0 Å². The predicted molar refractivity (Wildman–Crippen MR) is 87.3 cm³/mol. The van der Waals surface area contributed by atoms with Gasteiger partial charge in [0.05, 0.1) is 0 Å². The van der Waals surface area contributed by atoms with Gasteiger partial charge in [-0.1, -0.05) is 12.1 Å². The van der Waals surface area contributed by atoms with E-state index in [2.05, 4.69) is 10.6 Å². The topological polar surface area (TPSA) is 58.2 Å². The Morgan fingerprint density at radius 2 is 1.62 bits per heavy atom. The van der Waals surface area contributed by atoms with Gasteiger partial charge in [0.1, 0.15) is 0 Å². The van der Waals surface area contributed by atoms with Gasteiger partial charge in [-0.05, 0) is 49.6 Å². The summed E-state index contributed by atoms with van der Waals surface area (Å²) in [5.74, 6) is -0.0355. The Labute approximate surface area is 127 Å². The molecule has 108 valence electrons. The number of amides is 2. The molecule has 0 saturated heterocycles. The fraction of sp³-hybridized carbons (Fsp3) is 0.125. The first-order chi connectivity index (χ1) is 10.1. The minimum Gasteiger partial charge on any atom is -0.308 e. The highest BCUT2D eigenvalue weighted by molar-refractivity contribution is 7.98. The lowest BCUT2D eigenvalue weighted by Gasteiger charge is -2.08. The first-order valence-electron chi connectivity index (χ1n) is 6.41. The van der Waals surface area contributed by atoms with Crippen molar-refractivity contribution in [2.75, 3.05) is 16.9 Å². The molecule has 0 atom stereocenters. The van der Waals surface area contributed by atoms with Gasteiger partial charge in [0.2, 0.25) is 0 Å². The number of carbonyl (C=O) groups excluding carboxylic acids is 2. The van der Waals surface area contributed by atoms with Gasteiger partial charge in [-0.25, -0.2) is 4.79 Å². The standard InChI is InChI=1S/C16H16N2O2S/c1-11(19)12-4-3-5-14(10-12)18-16(20)17-13-6-8-15(21-2)9-7-13/h3-10H,1-2H3,(H2,17,18,20). The summed E-state index contributed by atoms with van der Waals surface area (Å²) in [6.45, 7) is 1.49. The van der Waals surface area contributed by atoms with Crippen LogP contribution in [0.2, 0.25) is 0 Å². The number of benzene rings is 2. The van der Waals surface area contributed by atoms with E-state index in [-0.39, 0.29) is 11.8 Å². The van der Waals surface area contributed by atoms with Crippen molar-refractivity contribution in [3.05, 3.63) is 54.1 Å². The number of nitrogens with one attached hydrogen (secondary N) is 2. The minimum absolute atomic E-state index is 0.0355. The zero-order chi connectivity index (χ0) is 15.2. The minimum atomic E-state index is -0.340. The molecule has 2 N–H and O–H groups in total. The Balaban J connectivity index is 2.00. The smallest absolute Gasteiger partial charge is 0.308 e. The molecular formula is C16H16N2O2S. The largest absolute Gasteiger partial charge is 0.323 e. The third kappa shape index (κ3) is 4.36. The second kappa shape index (κ2) is 6.95. The molecule has 0 aromatic heterocycles. The lowest BCUT2D eigenvalue weighted by atomic mass is 10.1. The average molecular weight is 300 g/mol. The molecule has 21 heavy (non-hydrogen) atoms. The predicted octanol–water partition coefficient (Wildman–Crippen LogP) is 4.26. The molecule has 0 spiro atoms. The van der Waals surface area contributed by atoms with Crippen LogP contribution in [0.1, 0.15) is 17.3 Å². The van der Waals surface area contributed by atoms with Gasteiger partial charge in [-0.3, -0.25) is 4.79 Å². The second-order valence-corrected chi connectivity index (χ2v) is 5.32. The molecule has 0 bridgehead atoms.